The van der Waals surface area contributed by atoms with Crippen LogP contribution in [0.3, 0.4) is 0 Å². The largest absolute Gasteiger partial charge is 0.497 e. The van der Waals surface area contributed by atoms with Crippen LogP contribution >= 0.6 is 11.8 Å². The number of nitrogens with one attached hydrogen (secondary N) is 1. The third-order valence-corrected chi connectivity index (χ3v) is 5.33. The van der Waals surface area contributed by atoms with E-state index in [0.29, 0.717) is 29.9 Å². The van der Waals surface area contributed by atoms with Crippen molar-refractivity contribution in [1.29, 1.82) is 0 Å². The van der Waals surface area contributed by atoms with Gasteiger partial charge in [0, 0.05) is 23.4 Å². The fourth-order valence-electron chi connectivity index (χ4n) is 2.86. The van der Waals surface area contributed by atoms with Crippen LogP contribution in [-0.4, -0.2) is 62.6 Å². The summed E-state index contributed by atoms with van der Waals surface area (Å²) >= 11 is 1.59. The van der Waals surface area contributed by atoms with Gasteiger partial charge in [-0.2, -0.15) is 0 Å². The molecule has 0 unspecified atom stereocenters. The van der Waals surface area contributed by atoms with Crippen molar-refractivity contribution in [3.63, 3.8) is 0 Å². The number of nitrogens with two attached hydrogens (primary N) is 1. The van der Waals surface area contributed by atoms with Gasteiger partial charge in [-0.1, -0.05) is 11.8 Å². The molecule has 0 radical (unpaired) electrons. The molecule has 0 fully saturated rings. The molecular weight excluding hydrogens is 428 g/mol. The van der Waals surface area contributed by atoms with Crippen molar-refractivity contribution in [1.82, 2.24) is 15.2 Å². The standard InChI is InChI=1S/C23H28N4O4S/c1-27(2)13-15-32-23-26-20(16-4-8-18(29-3)9-5-16)21(31-23)17-6-10-19(11-7-17)30-14-12-25-22(24)28/h4-11H,12-15H2,1-3H3,(H3,24,25,28). The van der Waals surface area contributed by atoms with Gasteiger partial charge in [-0.15, -0.1) is 0 Å². The van der Waals surface area contributed by atoms with Crippen LogP contribution in [0.2, 0.25) is 0 Å². The topological polar surface area (TPSA) is 103 Å². The van der Waals surface area contributed by atoms with E-state index >= 15 is 0 Å². The van der Waals surface area contributed by atoms with E-state index in [1.165, 1.54) is 0 Å². The number of rotatable bonds is 11. The highest BCUT2D eigenvalue weighted by molar-refractivity contribution is 7.99. The first-order valence-electron chi connectivity index (χ1n) is 10.2. The van der Waals surface area contributed by atoms with Crippen molar-refractivity contribution in [2.24, 2.45) is 5.73 Å². The van der Waals surface area contributed by atoms with Crippen molar-refractivity contribution in [2.45, 2.75) is 5.22 Å². The molecule has 0 bridgehead atoms. The molecule has 0 saturated carbocycles. The van der Waals surface area contributed by atoms with Crippen molar-refractivity contribution < 1.29 is 18.7 Å². The Bertz CT molecular complexity index is 1000. The Kier molecular flexibility index (Phi) is 8.41. The van der Waals surface area contributed by atoms with E-state index in [2.05, 4.69) is 10.2 Å². The number of nitrogens with zero attached hydrogens (tertiary/aromatic N) is 2. The number of carbonyl (C=O) groups excluding carboxylic acids is 1. The molecule has 9 heteroatoms. The van der Waals surface area contributed by atoms with Crippen molar-refractivity contribution in [3.05, 3.63) is 48.5 Å². The molecule has 0 aliphatic carbocycles. The summed E-state index contributed by atoms with van der Waals surface area (Å²) in [5.41, 5.74) is 7.67. The molecule has 8 nitrogen and oxygen atoms in total. The number of ether oxygens (including phenoxy) is 2. The number of urea groups is 1. The van der Waals surface area contributed by atoms with Crippen LogP contribution in [0.15, 0.2) is 58.2 Å². The maximum atomic E-state index is 10.7. The van der Waals surface area contributed by atoms with Crippen molar-refractivity contribution >= 4 is 17.8 Å². The molecule has 0 atom stereocenters. The maximum absolute atomic E-state index is 10.7. The Morgan fingerprint density at radius 2 is 1.75 bits per heavy atom. The van der Waals surface area contributed by atoms with Crippen LogP contribution in [0.25, 0.3) is 22.6 Å². The first-order valence-corrected chi connectivity index (χ1v) is 11.1. The van der Waals surface area contributed by atoms with E-state index in [1.807, 2.05) is 62.6 Å². The van der Waals surface area contributed by atoms with Gasteiger partial charge in [0.1, 0.15) is 23.8 Å². The zero-order chi connectivity index (χ0) is 22.9. The zero-order valence-electron chi connectivity index (χ0n) is 18.5. The highest BCUT2D eigenvalue weighted by atomic mass is 32.2. The molecule has 2 amide bonds. The van der Waals surface area contributed by atoms with E-state index in [0.717, 1.165) is 34.9 Å². The summed E-state index contributed by atoms with van der Waals surface area (Å²) in [5, 5.41) is 3.12. The molecule has 2 aromatic carbocycles. The van der Waals surface area contributed by atoms with E-state index < -0.39 is 6.03 Å². The average Bonchev–Trinajstić information content (AvgIpc) is 3.21. The van der Waals surface area contributed by atoms with E-state index in [9.17, 15) is 4.79 Å². The summed E-state index contributed by atoms with van der Waals surface area (Å²) in [6.45, 7) is 1.60. The second-order valence-corrected chi connectivity index (χ2v) is 8.25. The monoisotopic (exact) mass is 456 g/mol. The summed E-state index contributed by atoms with van der Waals surface area (Å²) < 4.78 is 17.1. The molecule has 0 spiro atoms. The molecular formula is C23H28N4O4S. The highest BCUT2D eigenvalue weighted by Crippen LogP contribution is 2.36. The molecule has 170 valence electrons. The SMILES string of the molecule is COc1ccc(-c2nc(SCCN(C)C)oc2-c2ccc(OCCNC(N)=O)cc2)cc1. The minimum atomic E-state index is -0.570. The lowest BCUT2D eigenvalue weighted by Crippen LogP contribution is -2.32. The second-order valence-electron chi connectivity index (χ2n) is 7.20. The van der Waals surface area contributed by atoms with Gasteiger partial charge in [-0.3, -0.25) is 0 Å². The molecule has 3 aromatic rings. The number of amides is 2. The first kappa shape index (κ1) is 23.5. The summed E-state index contributed by atoms with van der Waals surface area (Å²) in [7, 11) is 5.72. The van der Waals surface area contributed by atoms with Crippen molar-refractivity contribution in [2.75, 3.05) is 46.7 Å². The molecule has 3 rings (SSSR count). The normalized spacial score (nSPS) is 10.9. The quantitative estimate of drug-likeness (QED) is 0.335. The second kappa shape index (κ2) is 11.4. The minimum Gasteiger partial charge on any atom is -0.497 e. The lowest BCUT2D eigenvalue weighted by atomic mass is 10.1. The van der Waals surface area contributed by atoms with Gasteiger partial charge >= 0.3 is 6.03 Å². The third-order valence-electron chi connectivity index (χ3n) is 4.52. The number of benzene rings is 2. The number of oxazole rings is 1. The number of carbonyl (C=O) groups is 1. The first-order chi connectivity index (χ1) is 15.5. The van der Waals surface area contributed by atoms with E-state index in [1.54, 1.807) is 18.9 Å². The molecule has 0 aliphatic rings. The number of aromatic nitrogens is 1. The Labute approximate surface area is 192 Å². The fraction of sp³-hybridized carbons (Fsp3) is 0.304. The molecule has 0 saturated heterocycles. The van der Waals surface area contributed by atoms with Gasteiger partial charge in [0.2, 0.25) is 0 Å². The molecule has 1 aromatic heterocycles. The molecule has 1 heterocycles. The predicted molar refractivity (Wildman–Crippen MR) is 126 cm³/mol. The Morgan fingerprint density at radius 3 is 2.38 bits per heavy atom. The lowest BCUT2D eigenvalue weighted by molar-refractivity contribution is 0.244. The van der Waals surface area contributed by atoms with Crippen molar-refractivity contribution in [3.8, 4) is 34.1 Å². The Hall–Kier alpha value is -3.17. The molecule has 3 N–H and O–H groups in total. The third kappa shape index (κ3) is 6.66. The summed E-state index contributed by atoms with van der Waals surface area (Å²) in [5.74, 6) is 3.04. The number of hydrogen-bond acceptors (Lipinski definition) is 7. The van der Waals surface area contributed by atoms with Crippen LogP contribution in [0.4, 0.5) is 4.79 Å². The van der Waals surface area contributed by atoms with E-state index in [-0.39, 0.29) is 0 Å². The number of methoxy groups -OCH3 is 1. The van der Waals surface area contributed by atoms with Gasteiger partial charge in [0.15, 0.2) is 5.76 Å². The van der Waals surface area contributed by atoms with Gasteiger partial charge in [0.25, 0.3) is 5.22 Å². The Balaban J connectivity index is 1.81. The molecule has 0 aliphatic heterocycles. The number of hydrogen-bond donors (Lipinski definition) is 2. The Morgan fingerprint density at radius 1 is 1.09 bits per heavy atom. The van der Waals surface area contributed by atoms with Crippen LogP contribution in [-0.2, 0) is 0 Å². The number of thioether (sulfide) groups is 1. The average molecular weight is 457 g/mol. The zero-order valence-corrected chi connectivity index (χ0v) is 19.3. The predicted octanol–water partition coefficient (Wildman–Crippen LogP) is 3.72. The van der Waals surface area contributed by atoms with Gasteiger partial charge in [-0.05, 0) is 62.6 Å². The minimum absolute atomic E-state index is 0.328. The van der Waals surface area contributed by atoms with Gasteiger partial charge < -0.3 is 29.8 Å². The summed E-state index contributed by atoms with van der Waals surface area (Å²) in [4.78, 5) is 17.6. The van der Waals surface area contributed by atoms with Crippen LogP contribution in [0, 0.1) is 0 Å². The summed E-state index contributed by atoms with van der Waals surface area (Å²) in [6, 6.07) is 14.8. The molecule has 32 heavy (non-hydrogen) atoms. The number of primary amides is 1. The fourth-order valence-corrected chi connectivity index (χ4v) is 3.79. The maximum Gasteiger partial charge on any atom is 0.312 e. The summed E-state index contributed by atoms with van der Waals surface area (Å²) in [6.07, 6.45) is 0. The van der Waals surface area contributed by atoms with Gasteiger partial charge in [-0.25, -0.2) is 9.78 Å². The van der Waals surface area contributed by atoms with E-state index in [4.69, 9.17) is 24.6 Å². The highest BCUT2D eigenvalue weighted by Gasteiger charge is 2.18. The van der Waals surface area contributed by atoms with Crippen LogP contribution < -0.4 is 20.5 Å². The van der Waals surface area contributed by atoms with Gasteiger partial charge in [0.05, 0.1) is 13.7 Å². The van der Waals surface area contributed by atoms with Crippen LogP contribution in [0.5, 0.6) is 11.5 Å². The lowest BCUT2D eigenvalue weighted by Gasteiger charge is -2.07. The smallest absolute Gasteiger partial charge is 0.312 e. The van der Waals surface area contributed by atoms with Crippen LogP contribution in [0.1, 0.15) is 0 Å².